The van der Waals surface area contributed by atoms with Crippen LogP contribution in [0.2, 0.25) is 5.02 Å². The third kappa shape index (κ3) is 2.80. The fourth-order valence-corrected chi connectivity index (χ4v) is 2.37. The first kappa shape index (κ1) is 13.3. The van der Waals surface area contributed by atoms with E-state index in [4.69, 9.17) is 16.7 Å². The number of aliphatic carboxylic acids is 1. The standard InChI is InChI=1S/C12H13ClFNO3/c13-10-2-1-8(14)3-7(10)5-15-6-9(16)4-11(15)12(17)18/h1-3,9,11,16H,4-6H2,(H,17,18). The third-order valence-electron chi connectivity index (χ3n) is 3.05. The number of benzene rings is 1. The van der Waals surface area contributed by atoms with Crippen molar-refractivity contribution in [3.05, 3.63) is 34.6 Å². The lowest BCUT2D eigenvalue weighted by Crippen LogP contribution is -2.35. The van der Waals surface area contributed by atoms with Crippen molar-refractivity contribution in [1.82, 2.24) is 4.90 Å². The number of hydrogen-bond donors (Lipinski definition) is 2. The van der Waals surface area contributed by atoms with Gasteiger partial charge in [-0.3, -0.25) is 9.69 Å². The van der Waals surface area contributed by atoms with Gasteiger partial charge in [0.15, 0.2) is 0 Å². The van der Waals surface area contributed by atoms with Crippen LogP contribution in [0.5, 0.6) is 0 Å². The summed E-state index contributed by atoms with van der Waals surface area (Å²) in [5.74, 6) is -1.40. The smallest absolute Gasteiger partial charge is 0.321 e. The Labute approximate surface area is 109 Å². The normalized spacial score (nSPS) is 24.4. The molecule has 2 rings (SSSR count). The first-order chi connectivity index (χ1) is 8.47. The molecule has 18 heavy (non-hydrogen) atoms. The van der Waals surface area contributed by atoms with Gasteiger partial charge in [-0.25, -0.2) is 4.39 Å². The van der Waals surface area contributed by atoms with E-state index in [-0.39, 0.29) is 19.5 Å². The van der Waals surface area contributed by atoms with Crippen LogP contribution in [-0.2, 0) is 11.3 Å². The van der Waals surface area contributed by atoms with Crippen LogP contribution in [0.4, 0.5) is 4.39 Å². The molecule has 2 N–H and O–H groups in total. The molecule has 0 spiro atoms. The van der Waals surface area contributed by atoms with Gasteiger partial charge in [0.1, 0.15) is 11.9 Å². The van der Waals surface area contributed by atoms with Crippen LogP contribution >= 0.6 is 11.6 Å². The van der Waals surface area contributed by atoms with Crippen LogP contribution in [0.3, 0.4) is 0 Å². The van der Waals surface area contributed by atoms with Crippen molar-refractivity contribution in [2.45, 2.75) is 25.1 Å². The number of halogens is 2. The Morgan fingerprint density at radius 2 is 2.28 bits per heavy atom. The summed E-state index contributed by atoms with van der Waals surface area (Å²) in [4.78, 5) is 12.6. The van der Waals surface area contributed by atoms with Crippen molar-refractivity contribution in [3.8, 4) is 0 Å². The van der Waals surface area contributed by atoms with E-state index in [1.807, 2.05) is 0 Å². The van der Waals surface area contributed by atoms with Crippen LogP contribution in [-0.4, -0.2) is 39.8 Å². The summed E-state index contributed by atoms with van der Waals surface area (Å²) in [5.41, 5.74) is 0.525. The largest absolute Gasteiger partial charge is 0.480 e. The topological polar surface area (TPSA) is 60.8 Å². The molecular formula is C12H13ClFNO3. The number of hydrogen-bond acceptors (Lipinski definition) is 3. The fourth-order valence-electron chi connectivity index (χ4n) is 2.19. The molecule has 2 atom stereocenters. The van der Waals surface area contributed by atoms with Crippen molar-refractivity contribution < 1.29 is 19.4 Å². The molecule has 1 aromatic carbocycles. The predicted octanol–water partition coefficient (Wildman–Crippen LogP) is 1.50. The summed E-state index contributed by atoms with van der Waals surface area (Å²) in [5, 5.41) is 18.9. The summed E-state index contributed by atoms with van der Waals surface area (Å²) in [6, 6.07) is 3.22. The van der Waals surface area contributed by atoms with Crippen LogP contribution in [0, 0.1) is 5.82 Å². The second-order valence-corrected chi connectivity index (χ2v) is 4.82. The minimum absolute atomic E-state index is 0.183. The van der Waals surface area contributed by atoms with Crippen LogP contribution in [0.25, 0.3) is 0 Å². The number of rotatable bonds is 3. The molecule has 0 radical (unpaired) electrons. The van der Waals surface area contributed by atoms with Crippen molar-refractivity contribution >= 4 is 17.6 Å². The van der Waals surface area contributed by atoms with E-state index in [1.54, 1.807) is 4.90 Å². The fraction of sp³-hybridized carbons (Fsp3) is 0.417. The molecule has 1 aromatic rings. The minimum Gasteiger partial charge on any atom is -0.480 e. The molecule has 98 valence electrons. The van der Waals surface area contributed by atoms with Crippen LogP contribution in [0.1, 0.15) is 12.0 Å². The number of carboxylic acids is 1. The predicted molar refractivity (Wildman–Crippen MR) is 63.9 cm³/mol. The van der Waals surface area contributed by atoms with Crippen LogP contribution in [0.15, 0.2) is 18.2 Å². The average molecular weight is 274 g/mol. The summed E-state index contributed by atoms with van der Waals surface area (Å²) >= 11 is 5.94. The molecule has 0 aromatic heterocycles. The van der Waals surface area contributed by atoms with Gasteiger partial charge in [-0.1, -0.05) is 11.6 Å². The minimum atomic E-state index is -0.987. The maximum atomic E-state index is 13.1. The molecular weight excluding hydrogens is 261 g/mol. The van der Waals surface area contributed by atoms with E-state index >= 15 is 0 Å². The highest BCUT2D eigenvalue weighted by molar-refractivity contribution is 6.31. The molecule has 0 saturated carbocycles. The lowest BCUT2D eigenvalue weighted by molar-refractivity contribution is -0.142. The maximum absolute atomic E-state index is 13.1. The van der Waals surface area contributed by atoms with Gasteiger partial charge in [-0.2, -0.15) is 0 Å². The number of carboxylic acid groups (broad SMARTS) is 1. The Morgan fingerprint density at radius 1 is 1.56 bits per heavy atom. The molecule has 1 fully saturated rings. The number of aliphatic hydroxyl groups is 1. The molecule has 1 heterocycles. The zero-order chi connectivity index (χ0) is 13.3. The molecule has 0 aliphatic carbocycles. The van der Waals surface area contributed by atoms with Gasteiger partial charge in [0.05, 0.1) is 6.10 Å². The number of carbonyl (C=O) groups is 1. The maximum Gasteiger partial charge on any atom is 0.321 e. The average Bonchev–Trinajstić information content (AvgIpc) is 2.65. The Kier molecular flexibility index (Phi) is 3.85. The molecule has 0 bridgehead atoms. The summed E-state index contributed by atoms with van der Waals surface area (Å²) in [6.07, 6.45) is -0.485. The molecule has 2 unspecified atom stereocenters. The van der Waals surface area contributed by atoms with Crippen molar-refractivity contribution in [2.75, 3.05) is 6.54 Å². The van der Waals surface area contributed by atoms with Crippen LogP contribution < -0.4 is 0 Å². The van der Waals surface area contributed by atoms with E-state index < -0.39 is 23.9 Å². The van der Waals surface area contributed by atoms with Gasteiger partial charge >= 0.3 is 5.97 Å². The highest BCUT2D eigenvalue weighted by Gasteiger charge is 2.36. The first-order valence-corrected chi connectivity index (χ1v) is 5.94. The summed E-state index contributed by atoms with van der Waals surface area (Å²) < 4.78 is 13.1. The number of aliphatic hydroxyl groups excluding tert-OH is 1. The molecule has 1 saturated heterocycles. The van der Waals surface area contributed by atoms with Crippen molar-refractivity contribution in [1.29, 1.82) is 0 Å². The highest BCUT2D eigenvalue weighted by Crippen LogP contribution is 2.24. The zero-order valence-corrected chi connectivity index (χ0v) is 10.3. The molecule has 0 amide bonds. The van der Waals surface area contributed by atoms with Gasteiger partial charge in [0.2, 0.25) is 0 Å². The number of nitrogens with zero attached hydrogens (tertiary/aromatic N) is 1. The first-order valence-electron chi connectivity index (χ1n) is 5.56. The van der Waals surface area contributed by atoms with Crippen molar-refractivity contribution in [3.63, 3.8) is 0 Å². The summed E-state index contributed by atoms with van der Waals surface area (Å²) in [7, 11) is 0. The van der Waals surface area contributed by atoms with E-state index in [2.05, 4.69) is 0 Å². The van der Waals surface area contributed by atoms with Crippen molar-refractivity contribution in [2.24, 2.45) is 0 Å². The zero-order valence-electron chi connectivity index (χ0n) is 9.51. The van der Waals surface area contributed by atoms with E-state index in [1.165, 1.54) is 18.2 Å². The second-order valence-electron chi connectivity index (χ2n) is 4.41. The Morgan fingerprint density at radius 3 is 2.94 bits per heavy atom. The molecule has 1 aliphatic rings. The van der Waals surface area contributed by atoms with Gasteiger partial charge < -0.3 is 10.2 Å². The molecule has 6 heteroatoms. The quantitative estimate of drug-likeness (QED) is 0.876. The van der Waals surface area contributed by atoms with E-state index in [0.29, 0.717) is 10.6 Å². The number of likely N-dealkylation sites (tertiary alicyclic amines) is 1. The Balaban J connectivity index is 2.17. The number of β-amino-alcohol motifs (C(OH)–C–C–N with tert-alkyl or cyclic N) is 1. The SMILES string of the molecule is O=C(O)C1CC(O)CN1Cc1cc(F)ccc1Cl. The Hall–Kier alpha value is -1.17. The van der Waals surface area contributed by atoms with Gasteiger partial charge in [0, 0.05) is 24.5 Å². The summed E-state index contributed by atoms with van der Waals surface area (Å²) in [6.45, 7) is 0.467. The Bertz CT molecular complexity index is 469. The van der Waals surface area contributed by atoms with Gasteiger partial charge in [-0.05, 0) is 23.8 Å². The van der Waals surface area contributed by atoms with Gasteiger partial charge in [-0.15, -0.1) is 0 Å². The lowest BCUT2D eigenvalue weighted by Gasteiger charge is -2.21. The second kappa shape index (κ2) is 5.22. The monoisotopic (exact) mass is 273 g/mol. The van der Waals surface area contributed by atoms with E-state index in [0.717, 1.165) is 0 Å². The van der Waals surface area contributed by atoms with E-state index in [9.17, 15) is 14.3 Å². The molecule has 4 nitrogen and oxygen atoms in total. The third-order valence-corrected chi connectivity index (χ3v) is 3.42. The van der Waals surface area contributed by atoms with Gasteiger partial charge in [0.25, 0.3) is 0 Å². The lowest BCUT2D eigenvalue weighted by atomic mass is 10.1. The molecule has 1 aliphatic heterocycles. The highest BCUT2D eigenvalue weighted by atomic mass is 35.5.